The molecule has 0 bridgehead atoms. The highest BCUT2D eigenvalue weighted by molar-refractivity contribution is 5.85. The van der Waals surface area contributed by atoms with E-state index in [9.17, 15) is 4.79 Å². The molecule has 0 atom stereocenters. The van der Waals surface area contributed by atoms with Gasteiger partial charge in [0.25, 0.3) is 0 Å². The maximum Gasteiger partial charge on any atom is 0.224 e. The third kappa shape index (κ3) is 4.81. The van der Waals surface area contributed by atoms with Crippen LogP contribution in [0.15, 0.2) is 42.7 Å². The third-order valence-corrected chi connectivity index (χ3v) is 4.16. The molecule has 124 valence electrons. The van der Waals surface area contributed by atoms with E-state index >= 15 is 0 Å². The van der Waals surface area contributed by atoms with Crippen molar-refractivity contribution < 1.29 is 4.79 Å². The van der Waals surface area contributed by atoms with E-state index in [0.717, 1.165) is 36.9 Å². The lowest BCUT2D eigenvalue weighted by Crippen LogP contribution is -2.41. The van der Waals surface area contributed by atoms with Gasteiger partial charge in [0.05, 0.1) is 18.3 Å². The van der Waals surface area contributed by atoms with E-state index in [-0.39, 0.29) is 24.4 Å². The first-order chi connectivity index (χ1) is 10.7. The number of hydrogen-bond donors (Lipinski definition) is 2. The number of para-hydroxylation sites is 1. The maximum atomic E-state index is 12.1. The molecule has 0 unspecified atom stereocenters. The predicted octanol–water partition coefficient (Wildman–Crippen LogP) is 2.22. The lowest BCUT2D eigenvalue weighted by atomic mass is 9.92. The minimum atomic E-state index is 0. The summed E-state index contributed by atoms with van der Waals surface area (Å²) in [5, 5.41) is 7.42. The predicted molar refractivity (Wildman–Crippen MR) is 92.9 cm³/mol. The highest BCUT2D eigenvalue weighted by atomic mass is 35.5. The molecule has 3 rings (SSSR count). The largest absolute Gasteiger partial charge is 0.353 e. The van der Waals surface area contributed by atoms with Crippen molar-refractivity contribution in [3.63, 3.8) is 0 Å². The molecule has 0 saturated heterocycles. The molecule has 1 saturated carbocycles. The van der Waals surface area contributed by atoms with Crippen molar-refractivity contribution in [3.05, 3.63) is 48.3 Å². The van der Waals surface area contributed by atoms with E-state index in [1.54, 1.807) is 10.9 Å². The fourth-order valence-corrected chi connectivity index (χ4v) is 2.90. The minimum absolute atomic E-state index is 0. The molecule has 23 heavy (non-hydrogen) atoms. The molecule has 6 heteroatoms. The highest BCUT2D eigenvalue weighted by Gasteiger charge is 2.20. The van der Waals surface area contributed by atoms with Gasteiger partial charge in [-0.25, -0.2) is 4.68 Å². The van der Waals surface area contributed by atoms with E-state index in [2.05, 4.69) is 10.4 Å². The van der Waals surface area contributed by atoms with Crippen LogP contribution in [0.1, 0.15) is 31.2 Å². The van der Waals surface area contributed by atoms with Crippen LogP contribution < -0.4 is 11.1 Å². The molecule has 3 N–H and O–H groups in total. The first-order valence-electron chi connectivity index (χ1n) is 7.84. The summed E-state index contributed by atoms with van der Waals surface area (Å²) in [6.45, 7) is 0. The average Bonchev–Trinajstić information content (AvgIpc) is 2.99. The van der Waals surface area contributed by atoms with Gasteiger partial charge in [0, 0.05) is 18.3 Å². The quantitative estimate of drug-likeness (QED) is 0.900. The highest BCUT2D eigenvalue weighted by Crippen LogP contribution is 2.17. The fraction of sp³-hybridized carbons (Fsp3) is 0.412. The summed E-state index contributed by atoms with van der Waals surface area (Å²) in [7, 11) is 0. The van der Waals surface area contributed by atoms with Gasteiger partial charge in [-0.2, -0.15) is 5.10 Å². The topological polar surface area (TPSA) is 72.9 Å². The molecule has 2 aromatic rings. The Balaban J connectivity index is 0.00000192. The van der Waals surface area contributed by atoms with Gasteiger partial charge in [-0.1, -0.05) is 18.2 Å². The van der Waals surface area contributed by atoms with Crippen LogP contribution in [-0.2, 0) is 11.2 Å². The standard InChI is InChI=1S/C17H22N4O.ClH/c18-14-6-8-15(9-7-14)20-17(22)10-13-11-19-21(12-13)16-4-2-1-3-5-16;/h1-5,11-12,14-15H,6-10,18H2,(H,20,22);1H. The van der Waals surface area contributed by atoms with Gasteiger partial charge < -0.3 is 11.1 Å². The number of benzene rings is 1. The van der Waals surface area contributed by atoms with Crippen LogP contribution in [0.2, 0.25) is 0 Å². The van der Waals surface area contributed by atoms with Gasteiger partial charge in [0.1, 0.15) is 0 Å². The van der Waals surface area contributed by atoms with Crippen molar-refractivity contribution in [2.45, 2.75) is 44.2 Å². The molecule has 1 heterocycles. The van der Waals surface area contributed by atoms with E-state index < -0.39 is 0 Å². The first-order valence-corrected chi connectivity index (χ1v) is 7.84. The smallest absolute Gasteiger partial charge is 0.224 e. The zero-order valence-corrected chi connectivity index (χ0v) is 13.8. The normalized spacial score (nSPS) is 20.6. The van der Waals surface area contributed by atoms with Crippen molar-refractivity contribution in [2.24, 2.45) is 5.73 Å². The SMILES string of the molecule is Cl.NC1CCC(NC(=O)Cc2cnn(-c3ccccc3)c2)CC1. The Labute approximate surface area is 142 Å². The number of rotatable bonds is 4. The zero-order valence-electron chi connectivity index (χ0n) is 13.0. The van der Waals surface area contributed by atoms with E-state index in [0.29, 0.717) is 12.5 Å². The van der Waals surface area contributed by atoms with Gasteiger partial charge in [0.15, 0.2) is 0 Å². The Morgan fingerprint density at radius 2 is 1.91 bits per heavy atom. The Hall–Kier alpha value is -1.85. The molecular formula is C17H23ClN4O. The van der Waals surface area contributed by atoms with Crippen LogP contribution in [0.4, 0.5) is 0 Å². The monoisotopic (exact) mass is 334 g/mol. The molecule has 1 aromatic heterocycles. The van der Waals surface area contributed by atoms with E-state index in [1.807, 2.05) is 36.5 Å². The lowest BCUT2D eigenvalue weighted by molar-refractivity contribution is -0.121. The van der Waals surface area contributed by atoms with Gasteiger partial charge >= 0.3 is 0 Å². The lowest BCUT2D eigenvalue weighted by Gasteiger charge is -2.26. The molecule has 1 aliphatic carbocycles. The number of halogens is 1. The number of amides is 1. The van der Waals surface area contributed by atoms with Crippen molar-refractivity contribution in [2.75, 3.05) is 0 Å². The number of carbonyl (C=O) groups excluding carboxylic acids is 1. The van der Waals surface area contributed by atoms with Crippen molar-refractivity contribution >= 4 is 18.3 Å². The Kier molecular flexibility index (Phi) is 6.19. The molecule has 0 spiro atoms. The van der Waals surface area contributed by atoms with Gasteiger partial charge in [-0.3, -0.25) is 4.79 Å². The number of aromatic nitrogens is 2. The van der Waals surface area contributed by atoms with Gasteiger partial charge in [-0.15, -0.1) is 12.4 Å². The number of hydrogen-bond acceptors (Lipinski definition) is 3. The summed E-state index contributed by atoms with van der Waals surface area (Å²) in [5.74, 6) is 0.0630. The fourth-order valence-electron chi connectivity index (χ4n) is 2.90. The van der Waals surface area contributed by atoms with E-state index in [4.69, 9.17) is 5.73 Å². The third-order valence-electron chi connectivity index (χ3n) is 4.16. The molecule has 1 aliphatic rings. The summed E-state index contributed by atoms with van der Waals surface area (Å²) in [6, 6.07) is 10.5. The molecule has 5 nitrogen and oxygen atoms in total. The average molecular weight is 335 g/mol. The number of nitrogens with zero attached hydrogens (tertiary/aromatic N) is 2. The first kappa shape index (κ1) is 17.5. The summed E-state index contributed by atoms with van der Waals surface area (Å²) < 4.78 is 1.79. The van der Waals surface area contributed by atoms with Crippen LogP contribution in [0.3, 0.4) is 0 Å². The Bertz CT molecular complexity index is 621. The van der Waals surface area contributed by atoms with Crippen molar-refractivity contribution in [3.8, 4) is 5.69 Å². The maximum absolute atomic E-state index is 12.1. The summed E-state index contributed by atoms with van der Waals surface area (Å²) in [4.78, 5) is 12.1. The second-order valence-electron chi connectivity index (χ2n) is 5.98. The zero-order chi connectivity index (χ0) is 15.4. The molecular weight excluding hydrogens is 312 g/mol. The van der Waals surface area contributed by atoms with Crippen LogP contribution >= 0.6 is 12.4 Å². The molecule has 1 aromatic carbocycles. The number of nitrogens with one attached hydrogen (secondary N) is 1. The molecule has 0 aliphatic heterocycles. The number of carbonyl (C=O) groups is 1. The van der Waals surface area contributed by atoms with Crippen molar-refractivity contribution in [1.29, 1.82) is 0 Å². The summed E-state index contributed by atoms with van der Waals surface area (Å²) in [6.07, 6.45) is 7.99. The summed E-state index contributed by atoms with van der Waals surface area (Å²) >= 11 is 0. The van der Waals surface area contributed by atoms with Gasteiger partial charge in [0.2, 0.25) is 5.91 Å². The number of nitrogens with two attached hydrogens (primary N) is 1. The Morgan fingerprint density at radius 3 is 2.61 bits per heavy atom. The minimum Gasteiger partial charge on any atom is -0.353 e. The van der Waals surface area contributed by atoms with Crippen LogP contribution in [0.5, 0.6) is 0 Å². The van der Waals surface area contributed by atoms with Crippen LogP contribution in [-0.4, -0.2) is 27.8 Å². The summed E-state index contributed by atoms with van der Waals surface area (Å²) in [5.41, 5.74) is 7.81. The van der Waals surface area contributed by atoms with E-state index in [1.165, 1.54) is 0 Å². The molecule has 1 amide bonds. The van der Waals surface area contributed by atoms with Crippen molar-refractivity contribution in [1.82, 2.24) is 15.1 Å². The van der Waals surface area contributed by atoms with Crippen LogP contribution in [0.25, 0.3) is 5.69 Å². The Morgan fingerprint density at radius 1 is 1.22 bits per heavy atom. The molecule has 1 fully saturated rings. The second-order valence-corrected chi connectivity index (χ2v) is 5.98. The van der Waals surface area contributed by atoms with Crippen LogP contribution in [0, 0.1) is 0 Å². The second kappa shape index (κ2) is 8.13. The molecule has 0 radical (unpaired) electrons. The van der Waals surface area contributed by atoms with Gasteiger partial charge in [-0.05, 0) is 43.4 Å².